The number of hydrogen-bond acceptors (Lipinski definition) is 2. The van der Waals surface area contributed by atoms with Gasteiger partial charge in [-0.3, -0.25) is 0 Å². The zero-order valence-corrected chi connectivity index (χ0v) is 19.6. The number of allylic oxidation sites excluding steroid dienone is 2. The molecule has 0 amide bonds. The molecule has 2 aromatic carbocycles. The van der Waals surface area contributed by atoms with Gasteiger partial charge >= 0.3 is 12.1 Å². The molecular weight excluding hydrogens is 453 g/mol. The van der Waals surface area contributed by atoms with Crippen LogP contribution in [0.4, 0.5) is 13.2 Å². The third-order valence-corrected chi connectivity index (χ3v) is 8.09. The lowest BCUT2D eigenvalue weighted by Gasteiger charge is -2.57. The smallest absolute Gasteiger partial charge is 0.416 e. The van der Waals surface area contributed by atoms with Gasteiger partial charge in [0.2, 0.25) is 0 Å². The molecular formula is C29H29F3O3. The lowest BCUT2D eigenvalue weighted by molar-refractivity contribution is -0.137. The minimum Gasteiger partial charge on any atom is -0.496 e. The molecule has 0 aromatic heterocycles. The van der Waals surface area contributed by atoms with E-state index < -0.39 is 17.7 Å². The predicted octanol–water partition coefficient (Wildman–Crippen LogP) is 7.36. The van der Waals surface area contributed by atoms with Crippen molar-refractivity contribution in [1.82, 2.24) is 0 Å². The Morgan fingerprint density at radius 3 is 2.23 bits per heavy atom. The normalized spacial score (nSPS) is 28.0. The molecule has 0 spiro atoms. The summed E-state index contributed by atoms with van der Waals surface area (Å²) < 4.78 is 45.7. The lowest BCUT2D eigenvalue weighted by Crippen LogP contribution is -2.48. The van der Waals surface area contributed by atoms with Crippen molar-refractivity contribution >= 4 is 17.6 Å². The van der Waals surface area contributed by atoms with Gasteiger partial charge in [0, 0.05) is 11.6 Å². The third kappa shape index (κ3) is 4.75. The summed E-state index contributed by atoms with van der Waals surface area (Å²) in [4.78, 5) is 11.2. The summed E-state index contributed by atoms with van der Waals surface area (Å²) in [5, 5.41) is 9.12. The highest BCUT2D eigenvalue weighted by molar-refractivity contribution is 5.92. The number of ether oxygens (including phenoxy) is 1. The Labute approximate surface area is 203 Å². The van der Waals surface area contributed by atoms with Gasteiger partial charge in [-0.1, -0.05) is 24.3 Å². The van der Waals surface area contributed by atoms with Crippen LogP contribution in [0.5, 0.6) is 5.75 Å². The van der Waals surface area contributed by atoms with Crippen molar-refractivity contribution in [3.05, 3.63) is 76.9 Å². The van der Waals surface area contributed by atoms with Crippen LogP contribution in [-0.4, -0.2) is 18.2 Å². The molecule has 184 valence electrons. The Morgan fingerprint density at radius 1 is 1.00 bits per heavy atom. The van der Waals surface area contributed by atoms with E-state index >= 15 is 0 Å². The molecule has 0 atom stereocenters. The number of carboxylic acid groups (broad SMARTS) is 1. The lowest BCUT2D eigenvalue weighted by atomic mass is 9.48. The van der Waals surface area contributed by atoms with Crippen molar-refractivity contribution in [2.24, 2.45) is 17.8 Å². The van der Waals surface area contributed by atoms with Crippen LogP contribution in [0.2, 0.25) is 0 Å². The Hall–Kier alpha value is -3.02. The molecule has 4 fully saturated rings. The molecule has 3 nitrogen and oxygen atoms in total. The van der Waals surface area contributed by atoms with Crippen LogP contribution in [0.3, 0.4) is 0 Å². The summed E-state index contributed by atoms with van der Waals surface area (Å²) >= 11 is 0. The predicted molar refractivity (Wildman–Crippen MR) is 129 cm³/mol. The van der Waals surface area contributed by atoms with Crippen molar-refractivity contribution < 1.29 is 27.8 Å². The maximum absolute atomic E-state index is 13.3. The maximum Gasteiger partial charge on any atom is 0.416 e. The van der Waals surface area contributed by atoms with Gasteiger partial charge < -0.3 is 9.84 Å². The maximum atomic E-state index is 13.3. The molecule has 0 radical (unpaired) electrons. The Bertz CT molecular complexity index is 1160. The molecule has 0 aliphatic heterocycles. The Morgan fingerprint density at radius 2 is 1.66 bits per heavy atom. The third-order valence-electron chi connectivity index (χ3n) is 8.09. The number of carbonyl (C=O) groups is 1. The summed E-state index contributed by atoms with van der Waals surface area (Å²) in [5.41, 5.74) is 2.02. The average Bonchev–Trinajstić information content (AvgIpc) is 2.80. The van der Waals surface area contributed by atoms with Crippen molar-refractivity contribution in [2.45, 2.75) is 50.1 Å². The molecule has 4 aliphatic carbocycles. The Balaban J connectivity index is 1.53. The van der Waals surface area contributed by atoms with E-state index in [9.17, 15) is 18.0 Å². The highest BCUT2D eigenvalue weighted by Crippen LogP contribution is 2.61. The van der Waals surface area contributed by atoms with Crippen LogP contribution in [-0.2, 0) is 16.4 Å². The van der Waals surface area contributed by atoms with Gasteiger partial charge in [0.05, 0.1) is 12.7 Å². The standard InChI is InChI=1S/C29H29F3O3/c1-35-26-13-18(5-7-25(26)28-15-19-9-20(16-28)11-21(10-19)17-28)12-23(6-8-27(33)34)22-3-2-4-24(14-22)29(30,31)32/h2-8,12-14,19-21H,9-11,15-17H2,1H3,(H,33,34)/b8-6?,23-12-. The summed E-state index contributed by atoms with van der Waals surface area (Å²) in [6.45, 7) is 0. The minimum absolute atomic E-state index is 0.148. The Kier molecular flexibility index (Phi) is 6.02. The van der Waals surface area contributed by atoms with E-state index in [0.717, 1.165) is 47.3 Å². The number of hydrogen-bond donors (Lipinski definition) is 1. The zero-order valence-electron chi connectivity index (χ0n) is 19.6. The molecule has 35 heavy (non-hydrogen) atoms. The van der Waals surface area contributed by atoms with Gasteiger partial charge in [0.15, 0.2) is 0 Å². The molecule has 0 unspecified atom stereocenters. The number of halogens is 3. The van der Waals surface area contributed by atoms with Gasteiger partial charge in [-0.05, 0) is 109 Å². The van der Waals surface area contributed by atoms with Crippen LogP contribution in [0, 0.1) is 17.8 Å². The molecule has 2 aromatic rings. The fourth-order valence-corrected chi connectivity index (χ4v) is 7.12. The van der Waals surface area contributed by atoms with E-state index in [1.165, 1.54) is 56.2 Å². The van der Waals surface area contributed by atoms with Crippen LogP contribution >= 0.6 is 0 Å². The highest BCUT2D eigenvalue weighted by atomic mass is 19.4. The van der Waals surface area contributed by atoms with E-state index in [2.05, 4.69) is 6.07 Å². The van der Waals surface area contributed by atoms with Gasteiger partial charge in [-0.15, -0.1) is 0 Å². The number of methoxy groups -OCH3 is 1. The second-order valence-electron chi connectivity index (χ2n) is 10.5. The topological polar surface area (TPSA) is 46.5 Å². The molecule has 6 heteroatoms. The van der Waals surface area contributed by atoms with E-state index in [1.807, 2.05) is 12.1 Å². The van der Waals surface area contributed by atoms with Crippen molar-refractivity contribution in [3.63, 3.8) is 0 Å². The van der Waals surface area contributed by atoms with E-state index in [4.69, 9.17) is 9.84 Å². The van der Waals surface area contributed by atoms with Crippen molar-refractivity contribution in [3.8, 4) is 5.75 Å². The molecule has 4 saturated carbocycles. The van der Waals surface area contributed by atoms with Crippen molar-refractivity contribution in [2.75, 3.05) is 7.11 Å². The monoisotopic (exact) mass is 482 g/mol. The number of benzene rings is 2. The molecule has 0 heterocycles. The van der Waals surface area contributed by atoms with E-state index in [0.29, 0.717) is 11.1 Å². The first-order chi connectivity index (χ1) is 16.6. The van der Waals surface area contributed by atoms with Crippen LogP contribution in [0.15, 0.2) is 54.6 Å². The fraction of sp³-hybridized carbons (Fsp3) is 0.414. The van der Waals surface area contributed by atoms with E-state index in [1.54, 1.807) is 19.3 Å². The molecule has 6 rings (SSSR count). The first-order valence-corrected chi connectivity index (χ1v) is 12.1. The molecule has 0 saturated heterocycles. The van der Waals surface area contributed by atoms with Crippen LogP contribution in [0.25, 0.3) is 11.6 Å². The number of rotatable bonds is 6. The summed E-state index contributed by atoms with van der Waals surface area (Å²) in [6.07, 6.45) is 7.12. The first-order valence-electron chi connectivity index (χ1n) is 12.1. The molecule has 4 aliphatic rings. The van der Waals surface area contributed by atoms with Gasteiger partial charge in [-0.2, -0.15) is 13.2 Å². The van der Waals surface area contributed by atoms with Crippen LogP contribution < -0.4 is 4.74 Å². The SMILES string of the molecule is COc1cc(/C=C(/C=CC(=O)O)c2cccc(C(F)(F)F)c2)ccc1C12CC3CC(CC(C3)C1)C2. The van der Waals surface area contributed by atoms with Crippen molar-refractivity contribution in [1.29, 1.82) is 0 Å². The average molecular weight is 483 g/mol. The number of carboxylic acids is 1. The molecule has 4 bridgehead atoms. The summed E-state index contributed by atoms with van der Waals surface area (Å²) in [6, 6.07) is 10.9. The highest BCUT2D eigenvalue weighted by Gasteiger charge is 2.52. The van der Waals surface area contributed by atoms with Gasteiger partial charge in [-0.25, -0.2) is 4.79 Å². The second-order valence-corrected chi connectivity index (χ2v) is 10.5. The second kappa shape index (κ2) is 8.89. The summed E-state index contributed by atoms with van der Waals surface area (Å²) in [7, 11) is 1.66. The number of alkyl halides is 3. The van der Waals surface area contributed by atoms with E-state index in [-0.39, 0.29) is 5.41 Å². The first kappa shape index (κ1) is 23.7. The minimum atomic E-state index is -4.49. The van der Waals surface area contributed by atoms with Gasteiger partial charge in [0.25, 0.3) is 0 Å². The zero-order chi connectivity index (χ0) is 24.8. The quantitative estimate of drug-likeness (QED) is 0.266. The van der Waals surface area contributed by atoms with Crippen LogP contribution in [0.1, 0.15) is 60.8 Å². The van der Waals surface area contributed by atoms with Gasteiger partial charge in [0.1, 0.15) is 5.75 Å². The fourth-order valence-electron chi connectivity index (χ4n) is 7.12. The largest absolute Gasteiger partial charge is 0.496 e. The summed E-state index contributed by atoms with van der Waals surface area (Å²) in [5.74, 6) is 2.00. The molecule has 1 N–H and O–H groups in total. The number of aliphatic carboxylic acids is 1.